The number of alkyl halides is 3. The fraction of sp³-hybridized carbons (Fsp3) is 0.833. The van der Waals surface area contributed by atoms with Crippen molar-refractivity contribution in [1.82, 2.24) is 8.61 Å². The summed E-state index contributed by atoms with van der Waals surface area (Å²) in [6.07, 6.45) is -4.97. The molecule has 0 spiro atoms. The third-order valence-electron chi connectivity index (χ3n) is 3.69. The summed E-state index contributed by atoms with van der Waals surface area (Å²) < 4.78 is 70.1. The van der Waals surface area contributed by atoms with E-state index in [1.165, 1.54) is 7.11 Å². The lowest BCUT2D eigenvalue weighted by atomic mass is 9.96. The molecule has 2 atom stereocenters. The number of hydrogen-bond donors (Lipinski definition) is 1. The number of carboxylic acids is 1. The molecular formula is C12H18F3N3O5S. The number of carboxylic acid groups (broad SMARTS) is 1. The van der Waals surface area contributed by atoms with Gasteiger partial charge >= 0.3 is 12.1 Å². The number of nitrogens with zero attached hydrogens (tertiary/aromatic N) is 3. The van der Waals surface area contributed by atoms with Crippen molar-refractivity contribution >= 4 is 16.2 Å². The van der Waals surface area contributed by atoms with Crippen LogP contribution in [0.15, 0.2) is 0 Å². The van der Waals surface area contributed by atoms with Crippen molar-refractivity contribution in [2.45, 2.75) is 12.6 Å². The fourth-order valence-electron chi connectivity index (χ4n) is 2.41. The second-order valence-corrected chi connectivity index (χ2v) is 7.15. The van der Waals surface area contributed by atoms with Crippen molar-refractivity contribution in [3.05, 3.63) is 0 Å². The van der Waals surface area contributed by atoms with Gasteiger partial charge in [0.25, 0.3) is 10.2 Å². The van der Waals surface area contributed by atoms with Gasteiger partial charge in [-0.05, 0) is 0 Å². The molecule has 0 aromatic heterocycles. The van der Waals surface area contributed by atoms with Gasteiger partial charge in [0.05, 0.1) is 24.5 Å². The molecule has 0 aliphatic carbocycles. The predicted molar refractivity (Wildman–Crippen MR) is 74.8 cm³/mol. The first-order chi connectivity index (χ1) is 11.1. The van der Waals surface area contributed by atoms with Crippen molar-refractivity contribution < 1.29 is 36.2 Å². The average Bonchev–Trinajstić information content (AvgIpc) is 2.93. The normalized spacial score (nSPS) is 22.7. The summed E-state index contributed by atoms with van der Waals surface area (Å²) in [5.41, 5.74) is 0. The molecule has 1 fully saturated rings. The topological polar surface area (TPSA) is 111 Å². The Labute approximate surface area is 137 Å². The molecule has 0 bridgehead atoms. The molecule has 1 heterocycles. The molecule has 0 saturated carbocycles. The standard InChI is InChI=1S/C12H18F3N3O5S/c1-23-6-5-17(4-2-3-16)24(21,22)18-7-9(11(19)20)10(8-18)12(13,14)15/h9-10H,2,4-8H2,1H3,(H,19,20)/t9-,10-/m1/s1. The first-order valence-corrected chi connectivity index (χ1v) is 8.36. The Morgan fingerprint density at radius 1 is 1.42 bits per heavy atom. The summed E-state index contributed by atoms with van der Waals surface area (Å²) >= 11 is 0. The van der Waals surface area contributed by atoms with Gasteiger partial charge in [-0.2, -0.15) is 35.5 Å². The van der Waals surface area contributed by atoms with Crippen LogP contribution in [0.25, 0.3) is 0 Å². The highest BCUT2D eigenvalue weighted by atomic mass is 32.2. The third-order valence-corrected chi connectivity index (χ3v) is 5.66. The van der Waals surface area contributed by atoms with Crippen LogP contribution in [0.2, 0.25) is 0 Å². The van der Waals surface area contributed by atoms with Crippen LogP contribution in [-0.2, 0) is 19.7 Å². The van der Waals surface area contributed by atoms with Gasteiger partial charge in [0, 0.05) is 39.7 Å². The Morgan fingerprint density at radius 3 is 2.46 bits per heavy atom. The summed E-state index contributed by atoms with van der Waals surface area (Å²) in [7, 11) is -3.01. The molecule has 0 unspecified atom stereocenters. The van der Waals surface area contributed by atoms with Gasteiger partial charge in [0.1, 0.15) is 0 Å². The van der Waals surface area contributed by atoms with Crippen molar-refractivity contribution in [1.29, 1.82) is 5.26 Å². The number of methoxy groups -OCH3 is 1. The zero-order chi connectivity index (χ0) is 18.5. The Kier molecular flexibility index (Phi) is 6.97. The average molecular weight is 373 g/mol. The maximum atomic E-state index is 13.0. The number of halogens is 3. The van der Waals surface area contributed by atoms with E-state index < -0.39 is 47.3 Å². The fourth-order valence-corrected chi connectivity index (χ4v) is 4.06. The van der Waals surface area contributed by atoms with Crippen molar-refractivity contribution in [3.63, 3.8) is 0 Å². The molecule has 0 aromatic carbocycles. The van der Waals surface area contributed by atoms with Crippen LogP contribution in [0.4, 0.5) is 13.2 Å². The van der Waals surface area contributed by atoms with Crippen LogP contribution in [0.5, 0.6) is 0 Å². The van der Waals surface area contributed by atoms with E-state index in [-0.39, 0.29) is 26.1 Å². The number of carbonyl (C=O) groups is 1. The second-order valence-electron chi connectivity index (χ2n) is 5.22. The Hall–Kier alpha value is -1.42. The molecule has 138 valence electrons. The molecule has 1 aliphatic heterocycles. The molecule has 1 aliphatic rings. The highest BCUT2D eigenvalue weighted by molar-refractivity contribution is 7.86. The van der Waals surface area contributed by atoms with E-state index in [1.54, 1.807) is 6.07 Å². The van der Waals surface area contributed by atoms with E-state index in [9.17, 15) is 26.4 Å². The second kappa shape index (κ2) is 8.11. The molecule has 0 radical (unpaired) electrons. The van der Waals surface area contributed by atoms with Gasteiger partial charge in [-0.3, -0.25) is 4.79 Å². The molecule has 24 heavy (non-hydrogen) atoms. The summed E-state index contributed by atoms with van der Waals surface area (Å²) in [5.74, 6) is -5.83. The smallest absolute Gasteiger partial charge is 0.393 e. The van der Waals surface area contributed by atoms with Gasteiger partial charge in [-0.25, -0.2) is 0 Å². The molecule has 8 nitrogen and oxygen atoms in total. The molecule has 1 saturated heterocycles. The minimum absolute atomic E-state index is 0.0104. The third kappa shape index (κ3) is 4.79. The summed E-state index contributed by atoms with van der Waals surface area (Å²) in [6.45, 7) is -2.10. The van der Waals surface area contributed by atoms with Crippen LogP contribution < -0.4 is 0 Å². The summed E-state index contributed by atoms with van der Waals surface area (Å²) in [5, 5.41) is 17.5. The molecule has 1 rings (SSSR count). The van der Waals surface area contributed by atoms with Crippen LogP contribution >= 0.6 is 0 Å². The van der Waals surface area contributed by atoms with Gasteiger partial charge in [0.2, 0.25) is 0 Å². The molecule has 1 N–H and O–H groups in total. The van der Waals surface area contributed by atoms with Gasteiger partial charge in [-0.1, -0.05) is 0 Å². The van der Waals surface area contributed by atoms with Crippen LogP contribution in [0.1, 0.15) is 6.42 Å². The van der Waals surface area contributed by atoms with E-state index >= 15 is 0 Å². The highest BCUT2D eigenvalue weighted by Gasteiger charge is 2.55. The van der Waals surface area contributed by atoms with E-state index in [1.807, 2.05) is 0 Å². The van der Waals surface area contributed by atoms with E-state index in [2.05, 4.69) is 0 Å². The number of ether oxygens (including phenoxy) is 1. The predicted octanol–water partition coefficient (Wildman–Crippen LogP) is 0.288. The number of hydrogen-bond acceptors (Lipinski definition) is 5. The lowest BCUT2D eigenvalue weighted by Gasteiger charge is -2.26. The SMILES string of the molecule is COCCN(CCC#N)S(=O)(=O)N1C[C@@H](C(F)(F)F)[C@H](C(=O)O)C1. The molecule has 12 heteroatoms. The quantitative estimate of drug-likeness (QED) is 0.655. The Balaban J connectivity index is 3.03. The first kappa shape index (κ1) is 20.6. The maximum Gasteiger partial charge on any atom is 0.393 e. The first-order valence-electron chi connectivity index (χ1n) is 6.96. The lowest BCUT2D eigenvalue weighted by Crippen LogP contribution is -2.45. The van der Waals surface area contributed by atoms with Gasteiger partial charge < -0.3 is 9.84 Å². The van der Waals surface area contributed by atoms with Crippen molar-refractivity contribution in [2.75, 3.05) is 39.9 Å². The van der Waals surface area contributed by atoms with Crippen LogP contribution in [-0.4, -0.2) is 74.2 Å². The summed E-state index contributed by atoms with van der Waals surface area (Å²) in [4.78, 5) is 11.0. The Bertz CT molecular complexity index is 590. The van der Waals surface area contributed by atoms with Gasteiger partial charge in [-0.15, -0.1) is 0 Å². The monoisotopic (exact) mass is 373 g/mol. The number of aliphatic carboxylic acids is 1. The molecular weight excluding hydrogens is 355 g/mol. The number of rotatable bonds is 8. The zero-order valence-electron chi connectivity index (χ0n) is 12.9. The lowest BCUT2D eigenvalue weighted by molar-refractivity contribution is -0.187. The summed E-state index contributed by atoms with van der Waals surface area (Å²) in [6, 6.07) is 1.76. The minimum atomic E-state index is -4.82. The number of nitriles is 1. The van der Waals surface area contributed by atoms with E-state index in [0.717, 1.165) is 4.31 Å². The van der Waals surface area contributed by atoms with Crippen molar-refractivity contribution in [3.8, 4) is 6.07 Å². The van der Waals surface area contributed by atoms with Gasteiger partial charge in [0.15, 0.2) is 0 Å². The van der Waals surface area contributed by atoms with Crippen LogP contribution in [0.3, 0.4) is 0 Å². The Morgan fingerprint density at radius 2 is 2.04 bits per heavy atom. The van der Waals surface area contributed by atoms with Crippen molar-refractivity contribution in [2.24, 2.45) is 11.8 Å². The molecule has 0 amide bonds. The highest BCUT2D eigenvalue weighted by Crippen LogP contribution is 2.39. The van der Waals surface area contributed by atoms with E-state index in [4.69, 9.17) is 15.1 Å². The zero-order valence-corrected chi connectivity index (χ0v) is 13.7. The van der Waals surface area contributed by atoms with E-state index in [0.29, 0.717) is 4.31 Å². The maximum absolute atomic E-state index is 13.0. The van der Waals surface area contributed by atoms with Crippen LogP contribution in [0, 0.1) is 23.2 Å². The minimum Gasteiger partial charge on any atom is -0.481 e. The largest absolute Gasteiger partial charge is 0.481 e. The molecule has 0 aromatic rings.